The van der Waals surface area contributed by atoms with E-state index in [4.69, 9.17) is 17.0 Å². The molecule has 5 rings (SSSR count). The average Bonchev–Trinajstić information content (AvgIpc) is 3.39. The van der Waals surface area contributed by atoms with E-state index >= 15 is 0 Å². The maximum atomic E-state index is 13.0. The maximum Gasteiger partial charge on any atom is 0.226 e. The van der Waals surface area contributed by atoms with Crippen molar-refractivity contribution in [3.8, 4) is 11.4 Å². The molecule has 0 unspecified atom stereocenters. The molecule has 3 heterocycles. The van der Waals surface area contributed by atoms with Gasteiger partial charge in [-0.25, -0.2) is 0 Å². The Morgan fingerprint density at radius 3 is 2.44 bits per heavy atom. The normalized spacial score (nSPS) is 16.7. The van der Waals surface area contributed by atoms with Gasteiger partial charge in [-0.1, -0.05) is 36.4 Å². The Hall–Kier alpha value is -4.17. The van der Waals surface area contributed by atoms with Crippen LogP contribution < -0.4 is 15.4 Å². The summed E-state index contributed by atoms with van der Waals surface area (Å²) in [6.07, 6.45) is 2.07. The second-order valence-electron chi connectivity index (χ2n) is 9.70. The van der Waals surface area contributed by atoms with Gasteiger partial charge in [0.1, 0.15) is 5.75 Å². The molecule has 0 saturated carbocycles. The predicted molar refractivity (Wildman–Crippen MR) is 158 cm³/mol. The highest BCUT2D eigenvalue weighted by molar-refractivity contribution is 7.80. The Morgan fingerprint density at radius 1 is 1.00 bits per heavy atom. The molecule has 0 aliphatic carbocycles. The molecular weight excluding hydrogens is 506 g/mol. The third kappa shape index (κ3) is 5.12. The van der Waals surface area contributed by atoms with Gasteiger partial charge in [-0.05, 0) is 75.0 Å². The lowest BCUT2D eigenvalue weighted by Gasteiger charge is -2.29. The summed E-state index contributed by atoms with van der Waals surface area (Å²) in [5.74, 6) is 0.523. The van der Waals surface area contributed by atoms with Gasteiger partial charge < -0.3 is 24.8 Å². The van der Waals surface area contributed by atoms with Crippen molar-refractivity contribution >= 4 is 28.9 Å². The summed E-state index contributed by atoms with van der Waals surface area (Å²) in [6.45, 7) is 6.93. The third-order valence-electron chi connectivity index (χ3n) is 7.48. The lowest BCUT2D eigenvalue weighted by atomic mass is 9.93. The number of carbonyl (C=O) groups excluding carboxylic acids is 1. The van der Waals surface area contributed by atoms with E-state index in [2.05, 4.69) is 70.1 Å². The number of nitrogens with zero attached hydrogens (tertiary/aromatic N) is 3. The maximum absolute atomic E-state index is 13.0. The van der Waals surface area contributed by atoms with Crippen LogP contribution in [0, 0.1) is 20.8 Å². The van der Waals surface area contributed by atoms with Crippen molar-refractivity contribution in [1.82, 2.24) is 19.8 Å². The summed E-state index contributed by atoms with van der Waals surface area (Å²) in [6, 6.07) is 23.4. The number of amides is 1. The number of hydrogen-bond acceptors (Lipinski definition) is 4. The van der Waals surface area contributed by atoms with Crippen LogP contribution in [0.15, 0.2) is 79.0 Å². The number of carbonyl (C=O) groups is 1. The standard InChI is InChI=1S/C31H33N5O2S/c1-20-21(2)36(23-12-6-5-7-13-23)22(3)28(20)30-29(25-15-10-11-18-32-25)34-31(39)35(30)19-17-27(37)33-24-14-8-9-16-26(24)38-4/h5-16,18,29-30H,17,19H2,1-4H3,(H,33,37)(H,34,39)/t29-,30+/m0/s1. The summed E-state index contributed by atoms with van der Waals surface area (Å²) >= 11 is 5.86. The quantitative estimate of drug-likeness (QED) is 0.276. The van der Waals surface area contributed by atoms with Gasteiger partial charge in [-0.2, -0.15) is 0 Å². The van der Waals surface area contributed by atoms with Crippen molar-refractivity contribution in [1.29, 1.82) is 0 Å². The fourth-order valence-corrected chi connectivity index (χ4v) is 5.88. The zero-order valence-corrected chi connectivity index (χ0v) is 23.5. The van der Waals surface area contributed by atoms with Crippen LogP contribution in [0.1, 0.15) is 46.7 Å². The van der Waals surface area contributed by atoms with E-state index in [0.29, 0.717) is 23.1 Å². The Morgan fingerprint density at radius 2 is 1.72 bits per heavy atom. The molecule has 2 aromatic heterocycles. The SMILES string of the molecule is COc1ccccc1NC(=O)CCN1C(=S)N[C@@H](c2ccccn2)[C@H]1c1c(C)c(C)n(-c2ccccc2)c1C. The van der Waals surface area contributed by atoms with Gasteiger partial charge in [0.05, 0.1) is 30.6 Å². The fraction of sp³-hybridized carbons (Fsp3) is 0.258. The Kier molecular flexibility index (Phi) is 7.65. The van der Waals surface area contributed by atoms with Crippen LogP contribution >= 0.6 is 12.2 Å². The molecular formula is C31H33N5O2S. The van der Waals surface area contributed by atoms with Crippen molar-refractivity contribution in [3.05, 3.63) is 107 Å². The first-order valence-corrected chi connectivity index (χ1v) is 13.5. The average molecular weight is 540 g/mol. The molecule has 0 spiro atoms. The number of nitrogens with one attached hydrogen (secondary N) is 2. The van der Waals surface area contributed by atoms with Crippen LogP contribution in [0.4, 0.5) is 5.69 Å². The zero-order chi connectivity index (χ0) is 27.5. The Labute approximate surface area is 234 Å². The van der Waals surface area contributed by atoms with Crippen LogP contribution in [0.3, 0.4) is 0 Å². The number of pyridine rings is 1. The van der Waals surface area contributed by atoms with Gasteiger partial charge in [-0.3, -0.25) is 9.78 Å². The molecule has 1 saturated heterocycles. The van der Waals surface area contributed by atoms with Gasteiger partial charge in [0, 0.05) is 41.8 Å². The number of thiocarbonyl (C=S) groups is 1. The van der Waals surface area contributed by atoms with Crippen molar-refractivity contribution in [3.63, 3.8) is 0 Å². The van der Waals surface area contributed by atoms with Gasteiger partial charge in [0.2, 0.25) is 5.91 Å². The number of anilines is 1. The largest absolute Gasteiger partial charge is 0.495 e. The lowest BCUT2D eigenvalue weighted by Crippen LogP contribution is -2.33. The van der Waals surface area contributed by atoms with Gasteiger partial charge in [0.15, 0.2) is 5.11 Å². The van der Waals surface area contributed by atoms with Crippen molar-refractivity contribution < 1.29 is 9.53 Å². The van der Waals surface area contributed by atoms with E-state index in [0.717, 1.165) is 17.1 Å². The highest BCUT2D eigenvalue weighted by Gasteiger charge is 2.42. The molecule has 4 aromatic rings. The van der Waals surface area contributed by atoms with Crippen LogP contribution in [0.25, 0.3) is 5.69 Å². The lowest BCUT2D eigenvalue weighted by molar-refractivity contribution is -0.116. The number of para-hydroxylation sites is 3. The predicted octanol–water partition coefficient (Wildman–Crippen LogP) is 5.81. The minimum Gasteiger partial charge on any atom is -0.495 e. The van der Waals surface area contributed by atoms with E-state index in [1.807, 2.05) is 48.5 Å². The van der Waals surface area contributed by atoms with Gasteiger partial charge in [-0.15, -0.1) is 0 Å². The number of aromatic nitrogens is 2. The number of methoxy groups -OCH3 is 1. The van der Waals surface area contributed by atoms with E-state index in [-0.39, 0.29) is 24.4 Å². The second-order valence-corrected chi connectivity index (χ2v) is 10.1. The van der Waals surface area contributed by atoms with Crippen molar-refractivity contribution in [2.45, 2.75) is 39.3 Å². The zero-order valence-electron chi connectivity index (χ0n) is 22.6. The second kappa shape index (κ2) is 11.3. The fourth-order valence-electron chi connectivity index (χ4n) is 5.55. The highest BCUT2D eigenvalue weighted by Crippen LogP contribution is 2.43. The summed E-state index contributed by atoms with van der Waals surface area (Å²) in [5, 5.41) is 7.12. The number of hydrogen-bond donors (Lipinski definition) is 2. The number of ether oxygens (including phenoxy) is 1. The summed E-state index contributed by atoms with van der Waals surface area (Å²) < 4.78 is 7.69. The molecule has 200 valence electrons. The molecule has 0 bridgehead atoms. The minimum absolute atomic E-state index is 0.103. The molecule has 8 heteroatoms. The monoisotopic (exact) mass is 539 g/mol. The van der Waals surface area contributed by atoms with Crippen molar-refractivity contribution in [2.24, 2.45) is 0 Å². The van der Waals surface area contributed by atoms with Gasteiger partial charge in [0.25, 0.3) is 0 Å². The minimum atomic E-state index is -0.153. The summed E-state index contributed by atoms with van der Waals surface area (Å²) in [7, 11) is 1.59. The van der Waals surface area contributed by atoms with E-state index in [1.165, 1.54) is 16.8 Å². The molecule has 2 aromatic carbocycles. The summed E-state index contributed by atoms with van der Waals surface area (Å²) in [5.41, 5.74) is 7.42. The topological polar surface area (TPSA) is 71.4 Å². The first-order valence-electron chi connectivity index (χ1n) is 13.1. The highest BCUT2D eigenvalue weighted by atomic mass is 32.1. The van der Waals surface area contributed by atoms with E-state index < -0.39 is 0 Å². The smallest absolute Gasteiger partial charge is 0.226 e. The molecule has 2 N–H and O–H groups in total. The molecule has 0 radical (unpaired) electrons. The summed E-state index contributed by atoms with van der Waals surface area (Å²) in [4.78, 5) is 19.9. The molecule has 1 amide bonds. The molecule has 7 nitrogen and oxygen atoms in total. The van der Waals surface area contributed by atoms with Crippen LogP contribution in [0.2, 0.25) is 0 Å². The molecule has 2 atom stereocenters. The van der Waals surface area contributed by atoms with E-state index in [9.17, 15) is 4.79 Å². The van der Waals surface area contributed by atoms with Gasteiger partial charge >= 0.3 is 0 Å². The van der Waals surface area contributed by atoms with Crippen LogP contribution in [-0.4, -0.2) is 39.1 Å². The first-order chi connectivity index (χ1) is 18.9. The number of rotatable bonds is 8. The molecule has 1 aliphatic heterocycles. The Balaban J connectivity index is 1.49. The third-order valence-corrected chi connectivity index (χ3v) is 7.83. The van der Waals surface area contributed by atoms with Crippen molar-refractivity contribution in [2.75, 3.05) is 19.0 Å². The van der Waals surface area contributed by atoms with Crippen LogP contribution in [-0.2, 0) is 4.79 Å². The number of benzene rings is 2. The molecule has 39 heavy (non-hydrogen) atoms. The molecule has 1 aliphatic rings. The van der Waals surface area contributed by atoms with Crippen LogP contribution in [0.5, 0.6) is 5.75 Å². The first kappa shape index (κ1) is 26.4. The molecule has 1 fully saturated rings. The Bertz CT molecular complexity index is 1490. The van der Waals surface area contributed by atoms with E-state index in [1.54, 1.807) is 13.3 Å².